The molecule has 2 rings (SSSR count). The predicted molar refractivity (Wildman–Crippen MR) is 72.8 cm³/mol. The molecule has 1 unspecified atom stereocenters. The minimum absolute atomic E-state index is 0.318. The van der Waals surface area contributed by atoms with Gasteiger partial charge in [-0.1, -0.05) is 42.5 Å². The van der Waals surface area contributed by atoms with Crippen LogP contribution in [0.5, 0.6) is 5.75 Å². The Hall–Kier alpha value is -1.80. The van der Waals surface area contributed by atoms with E-state index in [1.807, 2.05) is 61.5 Å². The van der Waals surface area contributed by atoms with Gasteiger partial charge in [-0.2, -0.15) is 0 Å². The van der Waals surface area contributed by atoms with Crippen LogP contribution in [0.1, 0.15) is 11.1 Å². The van der Waals surface area contributed by atoms with Gasteiger partial charge in [0.1, 0.15) is 12.4 Å². The normalized spacial score (nSPS) is 12.1. The number of rotatable bonds is 5. The van der Waals surface area contributed by atoms with Gasteiger partial charge in [-0.3, -0.25) is 0 Å². The Labute approximate surface area is 108 Å². The molecule has 2 heteroatoms. The number of aliphatic hydroxyl groups excluding tert-OH is 1. The minimum Gasteiger partial charge on any atom is -0.491 e. The Morgan fingerprint density at radius 2 is 1.83 bits per heavy atom. The molecule has 0 bridgehead atoms. The van der Waals surface area contributed by atoms with E-state index in [0.717, 1.165) is 16.9 Å². The predicted octanol–water partition coefficient (Wildman–Crippen LogP) is 2.98. The van der Waals surface area contributed by atoms with Gasteiger partial charge < -0.3 is 9.84 Å². The van der Waals surface area contributed by atoms with Crippen LogP contribution >= 0.6 is 0 Å². The van der Waals surface area contributed by atoms with Crippen LogP contribution in [0.15, 0.2) is 54.6 Å². The van der Waals surface area contributed by atoms with Crippen LogP contribution in [0, 0.1) is 6.92 Å². The zero-order valence-corrected chi connectivity index (χ0v) is 10.5. The zero-order chi connectivity index (χ0) is 12.8. The first-order valence-electron chi connectivity index (χ1n) is 6.15. The molecule has 0 aliphatic carbocycles. The summed E-state index contributed by atoms with van der Waals surface area (Å²) in [5.74, 6) is 0.808. The van der Waals surface area contributed by atoms with Gasteiger partial charge in [0.25, 0.3) is 0 Å². The molecule has 0 aliphatic rings. The minimum atomic E-state index is -0.479. The molecule has 1 N–H and O–H groups in total. The van der Waals surface area contributed by atoms with E-state index in [1.165, 1.54) is 0 Å². The molecule has 0 fully saturated rings. The quantitative estimate of drug-likeness (QED) is 0.873. The standard InChI is InChI=1S/C16H18O2/c1-13-6-5-9-16(10-13)18-12-15(17)11-14-7-3-2-4-8-14/h2-10,15,17H,11-12H2,1H3. The van der Waals surface area contributed by atoms with Gasteiger partial charge in [0.15, 0.2) is 0 Å². The van der Waals surface area contributed by atoms with Gasteiger partial charge in [0.05, 0.1) is 6.10 Å². The SMILES string of the molecule is Cc1cccc(OCC(O)Cc2ccccc2)c1. The molecule has 1 atom stereocenters. The highest BCUT2D eigenvalue weighted by Gasteiger charge is 2.06. The third-order valence-corrected chi connectivity index (χ3v) is 2.75. The molecule has 0 saturated carbocycles. The van der Waals surface area contributed by atoms with Gasteiger partial charge in [-0.05, 0) is 30.2 Å². The molecular weight excluding hydrogens is 224 g/mol. The van der Waals surface area contributed by atoms with Crippen molar-refractivity contribution in [2.24, 2.45) is 0 Å². The van der Waals surface area contributed by atoms with Gasteiger partial charge in [0.2, 0.25) is 0 Å². The first-order chi connectivity index (χ1) is 8.74. The molecule has 0 aromatic heterocycles. The lowest BCUT2D eigenvalue weighted by Gasteiger charge is -2.12. The number of hydrogen-bond donors (Lipinski definition) is 1. The lowest BCUT2D eigenvalue weighted by atomic mass is 10.1. The van der Waals surface area contributed by atoms with Crippen LogP contribution in [-0.4, -0.2) is 17.8 Å². The lowest BCUT2D eigenvalue weighted by molar-refractivity contribution is 0.107. The van der Waals surface area contributed by atoms with E-state index in [4.69, 9.17) is 4.74 Å². The third kappa shape index (κ3) is 3.90. The molecule has 0 saturated heterocycles. The molecule has 0 aliphatic heterocycles. The zero-order valence-electron chi connectivity index (χ0n) is 10.5. The Bertz CT molecular complexity index is 479. The van der Waals surface area contributed by atoms with Gasteiger partial charge in [0, 0.05) is 6.42 Å². The maximum absolute atomic E-state index is 9.91. The number of aryl methyl sites for hydroxylation is 1. The van der Waals surface area contributed by atoms with Gasteiger partial charge in [-0.15, -0.1) is 0 Å². The summed E-state index contributed by atoms with van der Waals surface area (Å²) in [7, 11) is 0. The fraction of sp³-hybridized carbons (Fsp3) is 0.250. The summed E-state index contributed by atoms with van der Waals surface area (Å²) < 4.78 is 5.57. The van der Waals surface area contributed by atoms with Crippen molar-refractivity contribution in [3.05, 3.63) is 65.7 Å². The average molecular weight is 242 g/mol. The van der Waals surface area contributed by atoms with E-state index in [-0.39, 0.29) is 0 Å². The number of ether oxygens (including phenoxy) is 1. The fourth-order valence-corrected chi connectivity index (χ4v) is 1.84. The van der Waals surface area contributed by atoms with E-state index >= 15 is 0 Å². The van der Waals surface area contributed by atoms with Crippen molar-refractivity contribution < 1.29 is 9.84 Å². The Balaban J connectivity index is 1.83. The molecule has 0 heterocycles. The van der Waals surface area contributed by atoms with Crippen LogP contribution < -0.4 is 4.74 Å². The van der Waals surface area contributed by atoms with Crippen molar-refractivity contribution >= 4 is 0 Å². The smallest absolute Gasteiger partial charge is 0.119 e. The van der Waals surface area contributed by atoms with E-state index in [9.17, 15) is 5.11 Å². The van der Waals surface area contributed by atoms with Crippen molar-refractivity contribution in [1.29, 1.82) is 0 Å². The van der Waals surface area contributed by atoms with Crippen molar-refractivity contribution in [3.8, 4) is 5.75 Å². The maximum atomic E-state index is 9.91. The van der Waals surface area contributed by atoms with Crippen LogP contribution in [-0.2, 0) is 6.42 Å². The van der Waals surface area contributed by atoms with Crippen molar-refractivity contribution in [3.63, 3.8) is 0 Å². The van der Waals surface area contributed by atoms with Crippen LogP contribution in [0.25, 0.3) is 0 Å². The molecule has 0 radical (unpaired) electrons. The average Bonchev–Trinajstić information content (AvgIpc) is 2.38. The highest BCUT2D eigenvalue weighted by molar-refractivity contribution is 5.27. The highest BCUT2D eigenvalue weighted by Crippen LogP contribution is 2.13. The topological polar surface area (TPSA) is 29.5 Å². The van der Waals surface area contributed by atoms with Crippen molar-refractivity contribution in [1.82, 2.24) is 0 Å². The van der Waals surface area contributed by atoms with Crippen LogP contribution in [0.4, 0.5) is 0 Å². The summed E-state index contributed by atoms with van der Waals surface area (Å²) in [6, 6.07) is 17.8. The molecule has 2 aromatic rings. The maximum Gasteiger partial charge on any atom is 0.119 e. The van der Waals surface area contributed by atoms with Gasteiger partial charge in [-0.25, -0.2) is 0 Å². The first-order valence-corrected chi connectivity index (χ1v) is 6.15. The summed E-state index contributed by atoms with van der Waals surface area (Å²) in [5.41, 5.74) is 2.28. The second-order valence-electron chi connectivity index (χ2n) is 4.47. The summed E-state index contributed by atoms with van der Waals surface area (Å²) in [5, 5.41) is 9.91. The monoisotopic (exact) mass is 242 g/mol. The Morgan fingerprint density at radius 1 is 1.06 bits per heavy atom. The number of hydrogen-bond acceptors (Lipinski definition) is 2. The molecule has 94 valence electrons. The second kappa shape index (κ2) is 6.22. The molecular formula is C16H18O2. The van der Waals surface area contributed by atoms with E-state index in [2.05, 4.69) is 0 Å². The molecule has 0 amide bonds. The largest absolute Gasteiger partial charge is 0.491 e. The fourth-order valence-electron chi connectivity index (χ4n) is 1.84. The van der Waals surface area contributed by atoms with Gasteiger partial charge >= 0.3 is 0 Å². The van der Waals surface area contributed by atoms with Crippen molar-refractivity contribution in [2.45, 2.75) is 19.4 Å². The summed E-state index contributed by atoms with van der Waals surface area (Å²) in [6.45, 7) is 2.34. The number of benzene rings is 2. The lowest BCUT2D eigenvalue weighted by Crippen LogP contribution is -2.20. The first kappa shape index (κ1) is 12.7. The van der Waals surface area contributed by atoms with E-state index in [0.29, 0.717) is 13.0 Å². The van der Waals surface area contributed by atoms with E-state index in [1.54, 1.807) is 0 Å². The highest BCUT2D eigenvalue weighted by atomic mass is 16.5. The number of aliphatic hydroxyl groups is 1. The molecule has 18 heavy (non-hydrogen) atoms. The summed E-state index contributed by atoms with van der Waals surface area (Å²) in [4.78, 5) is 0. The van der Waals surface area contributed by atoms with Crippen LogP contribution in [0.2, 0.25) is 0 Å². The molecule has 2 aromatic carbocycles. The summed E-state index contributed by atoms with van der Waals surface area (Å²) in [6.07, 6.45) is 0.139. The Kier molecular flexibility index (Phi) is 4.37. The second-order valence-corrected chi connectivity index (χ2v) is 4.47. The third-order valence-electron chi connectivity index (χ3n) is 2.75. The Morgan fingerprint density at radius 3 is 2.56 bits per heavy atom. The summed E-state index contributed by atoms with van der Waals surface area (Å²) >= 11 is 0. The van der Waals surface area contributed by atoms with Crippen molar-refractivity contribution in [2.75, 3.05) is 6.61 Å². The van der Waals surface area contributed by atoms with Crippen LogP contribution in [0.3, 0.4) is 0 Å². The van der Waals surface area contributed by atoms with E-state index < -0.39 is 6.10 Å². The molecule has 2 nitrogen and oxygen atoms in total. The molecule has 0 spiro atoms.